The molecule has 1 aromatic rings. The molecule has 0 aliphatic heterocycles. The van der Waals surface area contributed by atoms with E-state index < -0.39 is 5.82 Å². The summed E-state index contributed by atoms with van der Waals surface area (Å²) in [4.78, 5) is 0. The van der Waals surface area contributed by atoms with Crippen molar-refractivity contribution in [2.75, 3.05) is 20.3 Å². The van der Waals surface area contributed by atoms with Crippen molar-refractivity contribution in [2.24, 2.45) is 10.9 Å². The van der Waals surface area contributed by atoms with Gasteiger partial charge in [0.25, 0.3) is 0 Å². The second-order valence-electron chi connectivity index (χ2n) is 3.31. The molecule has 0 aliphatic rings. The van der Waals surface area contributed by atoms with E-state index in [9.17, 15) is 4.39 Å². The lowest BCUT2D eigenvalue weighted by Gasteiger charge is -2.08. The van der Waals surface area contributed by atoms with Crippen LogP contribution in [0.4, 0.5) is 4.39 Å². The number of hydrogen-bond donors (Lipinski definition) is 2. The van der Waals surface area contributed by atoms with Crippen LogP contribution >= 0.6 is 0 Å². The van der Waals surface area contributed by atoms with Gasteiger partial charge < -0.3 is 20.4 Å². The van der Waals surface area contributed by atoms with Crippen molar-refractivity contribution in [1.29, 1.82) is 0 Å². The van der Waals surface area contributed by atoms with Gasteiger partial charge in [-0.05, 0) is 6.07 Å². The molecule has 1 rings (SSSR count). The first-order chi connectivity index (χ1) is 8.20. The number of nitrogens with two attached hydrogens (primary N) is 1. The van der Waals surface area contributed by atoms with Crippen molar-refractivity contribution in [3.05, 3.63) is 35.1 Å². The maximum absolute atomic E-state index is 13.8. The smallest absolute Gasteiger partial charge is 0.173 e. The lowest BCUT2D eigenvalue weighted by Crippen LogP contribution is -2.16. The molecule has 0 unspecified atom stereocenters. The molecule has 94 valence electrons. The molecule has 6 heteroatoms. The predicted octanol–water partition coefficient (Wildman–Crippen LogP) is 1.08. The molecule has 0 aromatic heterocycles. The van der Waals surface area contributed by atoms with Crippen LogP contribution in [-0.2, 0) is 16.1 Å². The highest BCUT2D eigenvalue weighted by atomic mass is 19.1. The van der Waals surface area contributed by atoms with Crippen LogP contribution in [0.15, 0.2) is 23.4 Å². The molecule has 0 fully saturated rings. The number of benzene rings is 1. The molecule has 1 aromatic carbocycles. The van der Waals surface area contributed by atoms with Crippen molar-refractivity contribution in [1.82, 2.24) is 0 Å². The molecule has 3 N–H and O–H groups in total. The average molecular weight is 242 g/mol. The number of halogens is 1. The first-order valence-corrected chi connectivity index (χ1v) is 5.02. The summed E-state index contributed by atoms with van der Waals surface area (Å²) in [6, 6.07) is 4.63. The zero-order valence-corrected chi connectivity index (χ0v) is 9.52. The van der Waals surface area contributed by atoms with Crippen LogP contribution in [0.1, 0.15) is 11.1 Å². The minimum Gasteiger partial charge on any atom is -0.409 e. The SMILES string of the molecule is COCCOCc1cccc(/C(N)=N/O)c1F. The molecule has 0 amide bonds. The first-order valence-electron chi connectivity index (χ1n) is 5.02. The zero-order chi connectivity index (χ0) is 12.7. The third-order valence-corrected chi connectivity index (χ3v) is 2.15. The summed E-state index contributed by atoms with van der Waals surface area (Å²) in [7, 11) is 1.56. The van der Waals surface area contributed by atoms with Gasteiger partial charge in [-0.3, -0.25) is 0 Å². The van der Waals surface area contributed by atoms with Gasteiger partial charge in [0.05, 0.1) is 25.4 Å². The zero-order valence-electron chi connectivity index (χ0n) is 9.52. The van der Waals surface area contributed by atoms with Crippen LogP contribution in [0.25, 0.3) is 0 Å². The van der Waals surface area contributed by atoms with Crippen LogP contribution in [0, 0.1) is 5.82 Å². The van der Waals surface area contributed by atoms with Crippen LogP contribution in [0.5, 0.6) is 0 Å². The monoisotopic (exact) mass is 242 g/mol. The van der Waals surface area contributed by atoms with Gasteiger partial charge in [-0.15, -0.1) is 0 Å². The molecule has 0 saturated heterocycles. The van der Waals surface area contributed by atoms with Crippen LogP contribution in [0.3, 0.4) is 0 Å². The Labute approximate surface area is 98.6 Å². The summed E-state index contributed by atoms with van der Waals surface area (Å²) in [5, 5.41) is 11.3. The van der Waals surface area contributed by atoms with Gasteiger partial charge in [0.15, 0.2) is 5.84 Å². The molecule has 17 heavy (non-hydrogen) atoms. The number of oxime groups is 1. The molecule has 0 bridgehead atoms. The number of ether oxygens (including phenoxy) is 2. The van der Waals surface area contributed by atoms with Gasteiger partial charge in [-0.2, -0.15) is 0 Å². The third kappa shape index (κ3) is 3.69. The second kappa shape index (κ2) is 6.82. The number of nitrogens with zero attached hydrogens (tertiary/aromatic N) is 1. The van der Waals surface area contributed by atoms with Crippen molar-refractivity contribution in [2.45, 2.75) is 6.61 Å². The van der Waals surface area contributed by atoms with E-state index in [1.54, 1.807) is 19.2 Å². The van der Waals surface area contributed by atoms with E-state index in [-0.39, 0.29) is 18.0 Å². The van der Waals surface area contributed by atoms with E-state index in [0.29, 0.717) is 18.8 Å². The molecule has 0 heterocycles. The van der Waals surface area contributed by atoms with Gasteiger partial charge in [-0.25, -0.2) is 4.39 Å². The molecule has 0 atom stereocenters. The van der Waals surface area contributed by atoms with Crippen molar-refractivity contribution < 1.29 is 19.1 Å². The van der Waals surface area contributed by atoms with Gasteiger partial charge in [0.1, 0.15) is 5.82 Å². The predicted molar refractivity (Wildman–Crippen MR) is 60.4 cm³/mol. The van der Waals surface area contributed by atoms with E-state index in [1.165, 1.54) is 6.07 Å². The largest absolute Gasteiger partial charge is 0.409 e. The summed E-state index contributed by atoms with van der Waals surface area (Å²) < 4.78 is 23.8. The summed E-state index contributed by atoms with van der Waals surface area (Å²) in [5.74, 6) is -0.804. The Balaban J connectivity index is 2.73. The highest BCUT2D eigenvalue weighted by Crippen LogP contribution is 2.13. The fourth-order valence-corrected chi connectivity index (χ4v) is 1.27. The Morgan fingerprint density at radius 3 is 2.88 bits per heavy atom. The first kappa shape index (κ1) is 13.4. The molecule has 0 aliphatic carbocycles. The fraction of sp³-hybridized carbons (Fsp3) is 0.364. The second-order valence-corrected chi connectivity index (χ2v) is 3.31. The molecule has 0 spiro atoms. The number of methoxy groups -OCH3 is 1. The molecule has 0 radical (unpaired) electrons. The standard InChI is InChI=1S/C11H15FN2O3/c1-16-5-6-17-7-8-3-2-4-9(10(8)12)11(13)14-15/h2-4,15H,5-7H2,1H3,(H2,13,14). The topological polar surface area (TPSA) is 77.1 Å². The average Bonchev–Trinajstić information content (AvgIpc) is 2.35. The van der Waals surface area contributed by atoms with E-state index >= 15 is 0 Å². The Hall–Kier alpha value is -1.66. The molecule has 5 nitrogen and oxygen atoms in total. The summed E-state index contributed by atoms with van der Waals surface area (Å²) in [6.45, 7) is 0.938. The highest BCUT2D eigenvalue weighted by Gasteiger charge is 2.11. The van der Waals surface area contributed by atoms with Gasteiger partial charge in [0, 0.05) is 12.7 Å². The van der Waals surface area contributed by atoms with Gasteiger partial charge in [0.2, 0.25) is 0 Å². The number of rotatable bonds is 6. The van der Waals surface area contributed by atoms with E-state index in [2.05, 4.69) is 5.16 Å². The fourth-order valence-electron chi connectivity index (χ4n) is 1.27. The lowest BCUT2D eigenvalue weighted by atomic mass is 10.1. The van der Waals surface area contributed by atoms with E-state index in [0.717, 1.165) is 0 Å². The Kier molecular flexibility index (Phi) is 5.38. The quantitative estimate of drug-likeness (QED) is 0.257. The summed E-state index contributed by atoms with van der Waals surface area (Å²) >= 11 is 0. The van der Waals surface area contributed by atoms with Gasteiger partial charge in [-0.1, -0.05) is 17.3 Å². The number of amidine groups is 1. The highest BCUT2D eigenvalue weighted by molar-refractivity contribution is 5.97. The van der Waals surface area contributed by atoms with Crippen LogP contribution in [-0.4, -0.2) is 31.4 Å². The maximum atomic E-state index is 13.8. The van der Waals surface area contributed by atoms with E-state index in [1.807, 2.05) is 0 Å². The summed E-state index contributed by atoms with van der Waals surface area (Å²) in [5.41, 5.74) is 5.75. The maximum Gasteiger partial charge on any atom is 0.173 e. The van der Waals surface area contributed by atoms with E-state index in [4.69, 9.17) is 20.4 Å². The normalized spacial score (nSPS) is 11.8. The lowest BCUT2D eigenvalue weighted by molar-refractivity contribution is 0.0604. The summed E-state index contributed by atoms with van der Waals surface area (Å²) in [6.07, 6.45) is 0. The van der Waals surface area contributed by atoms with Crippen molar-refractivity contribution >= 4 is 5.84 Å². The Bertz CT molecular complexity index is 396. The minimum absolute atomic E-state index is 0.0559. The van der Waals surface area contributed by atoms with Crippen LogP contribution in [0.2, 0.25) is 0 Å². The number of hydrogen-bond acceptors (Lipinski definition) is 4. The molecular formula is C11H15FN2O3. The van der Waals surface area contributed by atoms with Crippen LogP contribution < -0.4 is 5.73 Å². The van der Waals surface area contributed by atoms with Crippen molar-refractivity contribution in [3.8, 4) is 0 Å². The molecular weight excluding hydrogens is 227 g/mol. The Morgan fingerprint density at radius 1 is 1.47 bits per heavy atom. The third-order valence-electron chi connectivity index (χ3n) is 2.15. The Morgan fingerprint density at radius 2 is 2.24 bits per heavy atom. The van der Waals surface area contributed by atoms with Gasteiger partial charge >= 0.3 is 0 Å². The van der Waals surface area contributed by atoms with Crippen molar-refractivity contribution in [3.63, 3.8) is 0 Å². The minimum atomic E-state index is -0.541. The molecule has 0 saturated carbocycles.